The van der Waals surface area contributed by atoms with Crippen molar-refractivity contribution in [3.05, 3.63) is 71.0 Å². The van der Waals surface area contributed by atoms with Gasteiger partial charge in [0, 0.05) is 48.9 Å². The predicted molar refractivity (Wildman–Crippen MR) is 136 cm³/mol. The zero-order chi connectivity index (χ0) is 25.1. The van der Waals surface area contributed by atoms with E-state index >= 15 is 0 Å². The van der Waals surface area contributed by atoms with Gasteiger partial charge in [0.1, 0.15) is 0 Å². The van der Waals surface area contributed by atoms with E-state index in [-0.39, 0.29) is 42.5 Å². The zero-order valence-electron chi connectivity index (χ0n) is 21.0. The maximum Gasteiger partial charge on any atom is 0.187 e. The van der Waals surface area contributed by atoms with Crippen LogP contribution in [0.1, 0.15) is 64.6 Å². The van der Waals surface area contributed by atoms with Crippen LogP contribution >= 0.6 is 0 Å². The Labute approximate surface area is 223 Å². The molecule has 2 atom stereocenters. The number of ketones is 1. The van der Waals surface area contributed by atoms with Crippen LogP contribution in [0.15, 0.2) is 48.4 Å². The molecule has 8 heteroatoms. The van der Waals surface area contributed by atoms with Crippen molar-refractivity contribution in [2.24, 2.45) is 5.41 Å². The van der Waals surface area contributed by atoms with Gasteiger partial charge in [-0.2, -0.15) is 0 Å². The van der Waals surface area contributed by atoms with Crippen LogP contribution in [-0.4, -0.2) is 25.5 Å². The molecule has 0 spiro atoms. The second-order valence-electron chi connectivity index (χ2n) is 10.4. The first-order chi connectivity index (χ1) is 16.6. The fourth-order valence-corrected chi connectivity index (χ4v) is 6.05. The van der Waals surface area contributed by atoms with Crippen LogP contribution in [-0.2, 0) is 30.3 Å². The van der Waals surface area contributed by atoms with E-state index in [9.17, 15) is 4.79 Å². The van der Waals surface area contributed by atoms with Crippen LogP contribution < -0.4 is 5.10 Å². The molecule has 36 heavy (non-hydrogen) atoms. The minimum absolute atomic E-state index is 0. The summed E-state index contributed by atoms with van der Waals surface area (Å²) in [4.78, 5) is 18.3. The van der Waals surface area contributed by atoms with E-state index in [0.29, 0.717) is 11.6 Å². The van der Waals surface area contributed by atoms with Gasteiger partial charge in [0.2, 0.25) is 0 Å². The number of hydrogen-bond acceptors (Lipinski definition) is 4. The number of nitrogens with zero attached hydrogens (tertiary/aromatic N) is 5. The summed E-state index contributed by atoms with van der Waals surface area (Å²) in [5.74, 6) is 1.33. The molecule has 3 aromatic heterocycles. The van der Waals surface area contributed by atoms with Crippen LogP contribution in [0.3, 0.4) is 0 Å². The van der Waals surface area contributed by atoms with Crippen molar-refractivity contribution in [3.63, 3.8) is 0 Å². The zero-order valence-corrected chi connectivity index (χ0v) is 23.4. The summed E-state index contributed by atoms with van der Waals surface area (Å²) in [6, 6.07) is 9.87. The van der Waals surface area contributed by atoms with Crippen molar-refractivity contribution in [1.29, 1.82) is 0 Å². The fourth-order valence-electron chi connectivity index (χ4n) is 6.05. The average molecular weight is 659 g/mol. The fraction of sp³-hybridized carbons (Fsp3) is 0.357. The summed E-state index contributed by atoms with van der Waals surface area (Å²) >= 11 is 0. The van der Waals surface area contributed by atoms with E-state index in [0.717, 1.165) is 27.8 Å². The molecular formula is C28H28IrN5O2-. The number of pyridine rings is 1. The van der Waals surface area contributed by atoms with E-state index in [1.54, 1.807) is 0 Å². The number of rotatable bonds is 2. The van der Waals surface area contributed by atoms with Gasteiger partial charge in [-0.05, 0) is 72.4 Å². The molecule has 1 saturated carbocycles. The average Bonchev–Trinajstić information content (AvgIpc) is 3.48. The molecule has 2 aliphatic rings. The molecule has 0 saturated heterocycles. The number of hydrogen-bond donors (Lipinski definition) is 1. The van der Waals surface area contributed by atoms with Gasteiger partial charge in [-0.3, -0.25) is 14.9 Å². The molecular weight excluding hydrogens is 631 g/mol. The van der Waals surface area contributed by atoms with Crippen LogP contribution in [0.25, 0.3) is 32.6 Å². The molecule has 1 aromatic carbocycles. The van der Waals surface area contributed by atoms with Gasteiger partial charge in [0.15, 0.2) is 11.5 Å². The first-order valence-corrected chi connectivity index (χ1v) is 11.8. The van der Waals surface area contributed by atoms with Crippen LogP contribution in [0.5, 0.6) is 0 Å². The Morgan fingerprint density at radius 1 is 1.25 bits per heavy atom. The van der Waals surface area contributed by atoms with Gasteiger partial charge >= 0.3 is 0 Å². The van der Waals surface area contributed by atoms with Crippen LogP contribution in [0.2, 0.25) is 0 Å². The Kier molecular flexibility index (Phi) is 6.45. The van der Waals surface area contributed by atoms with Crippen molar-refractivity contribution in [1.82, 2.24) is 19.7 Å². The van der Waals surface area contributed by atoms with Gasteiger partial charge in [-0.15, -0.1) is 0 Å². The van der Waals surface area contributed by atoms with Gasteiger partial charge < -0.3 is 14.8 Å². The minimum Gasteiger partial charge on any atom is -0.512 e. The van der Waals surface area contributed by atoms with Crippen molar-refractivity contribution < 1.29 is 30.0 Å². The minimum atomic E-state index is -0.125. The Morgan fingerprint density at radius 3 is 2.64 bits per heavy atom. The Morgan fingerprint density at radius 2 is 2.00 bits per heavy atom. The number of allylic oxidation sites excluding steroid dienone is 2. The number of benzene rings is 1. The van der Waals surface area contributed by atoms with Gasteiger partial charge in [-0.25, -0.2) is 4.85 Å². The molecule has 3 heterocycles. The van der Waals surface area contributed by atoms with E-state index in [1.165, 1.54) is 44.0 Å². The molecule has 6 rings (SSSR count). The second kappa shape index (κ2) is 8.99. The molecule has 2 unspecified atom stereocenters. The third-order valence-corrected chi connectivity index (χ3v) is 8.10. The molecule has 0 amide bonds. The number of fused-ring (bicyclic) bond motifs is 8. The summed E-state index contributed by atoms with van der Waals surface area (Å²) in [6.07, 6.45) is 5.35. The third-order valence-electron chi connectivity index (χ3n) is 8.10. The molecule has 1 N–H and O–H groups in total. The maximum atomic E-state index is 10.0. The smallest absolute Gasteiger partial charge is 0.187 e. The molecule has 2 bridgehead atoms. The summed E-state index contributed by atoms with van der Waals surface area (Å²) in [6.45, 7) is 17.3. The number of aromatic nitrogens is 4. The summed E-state index contributed by atoms with van der Waals surface area (Å²) in [5, 5.41) is 19.8. The van der Waals surface area contributed by atoms with E-state index in [1.807, 2.05) is 30.5 Å². The van der Waals surface area contributed by atoms with E-state index in [2.05, 4.69) is 46.3 Å². The largest absolute Gasteiger partial charge is 0.512 e. The Balaban J connectivity index is 0.000000338. The Bertz CT molecular complexity index is 1570. The predicted octanol–water partition coefficient (Wildman–Crippen LogP) is 6.29. The van der Waals surface area contributed by atoms with Gasteiger partial charge in [-0.1, -0.05) is 39.0 Å². The number of carbonyl (C=O) groups excluding carboxylic acids is 1. The van der Waals surface area contributed by atoms with Crippen molar-refractivity contribution in [2.75, 3.05) is 0 Å². The van der Waals surface area contributed by atoms with E-state index < -0.39 is 0 Å². The third kappa shape index (κ3) is 3.61. The standard InChI is InChI=1S/C23H20N5.C5H8O2.Ir/c1-22(2)16-9-10-23(22,3)19-18(16)21(27-26-19)28-17-8-7-13(24-4)12-15(17)14-6-5-11-25-20(14)28;1-4(6)3-5(2)7;/h5-8,11-12,16H,9-10H2,1-3H3;3,6H,1-2H3;/q-1;;/b;4-3-;. The molecule has 2 aliphatic carbocycles. The van der Waals surface area contributed by atoms with Crippen LogP contribution in [0.4, 0.5) is 5.69 Å². The van der Waals surface area contributed by atoms with Crippen molar-refractivity contribution >= 4 is 33.4 Å². The molecule has 0 aliphatic heterocycles. The van der Waals surface area contributed by atoms with Crippen LogP contribution in [0, 0.1) is 12.0 Å². The number of aliphatic hydroxyl groups excluding tert-OH is 1. The summed E-state index contributed by atoms with van der Waals surface area (Å²) in [7, 11) is 0. The normalized spacial score (nSPS) is 21.4. The number of carbonyl (C=O) groups is 1. The summed E-state index contributed by atoms with van der Waals surface area (Å²) in [5.41, 5.74) is 5.31. The molecule has 7 nitrogen and oxygen atoms in total. The number of aliphatic hydroxyl groups is 1. The molecule has 187 valence electrons. The van der Waals surface area contributed by atoms with Gasteiger partial charge in [0.25, 0.3) is 0 Å². The SMILES string of the molecule is CC(=O)/C=C(/C)O.[C-]#[N+]c1ccc2c(c1)c1cccnc1n2-c1[n-]nc2c1C1CCC2(C)C1(C)C.[Ir]. The maximum absolute atomic E-state index is 10.0. The Hall–Kier alpha value is -3.27. The monoisotopic (exact) mass is 659 g/mol. The first kappa shape index (κ1) is 25.8. The second-order valence-corrected chi connectivity index (χ2v) is 10.4. The van der Waals surface area contributed by atoms with Crippen molar-refractivity contribution in [2.45, 2.75) is 58.8 Å². The van der Waals surface area contributed by atoms with Gasteiger partial charge in [0.05, 0.1) is 18.0 Å². The molecule has 4 aromatic rings. The molecule has 1 radical (unpaired) electrons. The quantitative estimate of drug-likeness (QED) is 0.156. The first-order valence-electron chi connectivity index (χ1n) is 11.8. The van der Waals surface area contributed by atoms with E-state index in [4.69, 9.17) is 16.8 Å². The summed E-state index contributed by atoms with van der Waals surface area (Å²) < 4.78 is 2.16. The topological polar surface area (TPSA) is 86.5 Å². The van der Waals surface area contributed by atoms with Crippen molar-refractivity contribution in [3.8, 4) is 5.82 Å². The molecule has 1 fully saturated rings.